The Morgan fingerprint density at radius 3 is 1.52 bits per heavy atom. The third-order valence-electron chi connectivity index (χ3n) is 7.82. The van der Waals surface area contributed by atoms with E-state index in [1.807, 2.05) is 60.7 Å². The van der Waals surface area contributed by atoms with Crippen LogP contribution in [0.15, 0.2) is 127 Å². The minimum atomic E-state index is 0.616. The summed E-state index contributed by atoms with van der Waals surface area (Å²) in [7, 11) is 0. The summed E-state index contributed by atoms with van der Waals surface area (Å²) >= 11 is 0. The van der Waals surface area contributed by atoms with Gasteiger partial charge in [0, 0.05) is 27.8 Å². The number of hydrogen-bond donors (Lipinski definition) is 0. The normalized spacial score (nSPS) is 11.6. The number of hydrogen-bond acceptors (Lipinski definition) is 3. The van der Waals surface area contributed by atoms with Crippen molar-refractivity contribution in [2.24, 2.45) is 0 Å². The molecule has 2 aromatic heterocycles. The minimum Gasteiger partial charge on any atom is -0.282 e. The summed E-state index contributed by atoms with van der Waals surface area (Å²) in [5.74, 6) is 1.92. The number of nitrogens with zero attached hydrogens (tertiary/aromatic N) is 4. The van der Waals surface area contributed by atoms with Gasteiger partial charge in [-0.2, -0.15) is 9.97 Å². The second kappa shape index (κ2) is 8.85. The van der Waals surface area contributed by atoms with Gasteiger partial charge in [-0.05, 0) is 40.8 Å². The predicted octanol–water partition coefficient (Wildman–Crippen LogP) is 8.77. The van der Waals surface area contributed by atoms with Gasteiger partial charge in [0.1, 0.15) is 0 Å². The van der Waals surface area contributed by atoms with Crippen molar-refractivity contribution in [3.8, 4) is 62.1 Å². The molecule has 4 heteroatoms. The zero-order chi connectivity index (χ0) is 26.6. The molecule has 0 spiro atoms. The molecule has 40 heavy (non-hydrogen) atoms. The van der Waals surface area contributed by atoms with Gasteiger partial charge >= 0.3 is 0 Å². The van der Waals surface area contributed by atoms with Gasteiger partial charge in [-0.3, -0.25) is 4.57 Å². The lowest BCUT2D eigenvalue weighted by Crippen LogP contribution is -2.07. The summed E-state index contributed by atoms with van der Waals surface area (Å²) in [5.41, 5.74) is 11.5. The first-order valence-corrected chi connectivity index (χ1v) is 13.5. The smallest absolute Gasteiger partial charge is 0.238 e. The SMILES string of the molecule is Cc1c2c3c(cccc3n1-c1nc(-c3ccccc3)nc(-c3ccccc3)n1)-c1ccccc1-c1ccccc1-2. The van der Waals surface area contributed by atoms with Gasteiger partial charge in [-0.15, -0.1) is 0 Å². The summed E-state index contributed by atoms with van der Waals surface area (Å²) in [6.45, 7) is 2.18. The molecule has 0 aliphatic heterocycles. The van der Waals surface area contributed by atoms with Crippen LogP contribution in [0.5, 0.6) is 0 Å². The van der Waals surface area contributed by atoms with E-state index in [4.69, 9.17) is 15.0 Å². The van der Waals surface area contributed by atoms with Crippen molar-refractivity contribution in [1.82, 2.24) is 19.5 Å². The monoisotopic (exact) mass is 512 g/mol. The highest BCUT2D eigenvalue weighted by Crippen LogP contribution is 2.50. The van der Waals surface area contributed by atoms with Crippen LogP contribution >= 0.6 is 0 Å². The Kier molecular flexibility index (Phi) is 5.01. The maximum atomic E-state index is 5.07. The third-order valence-corrected chi connectivity index (χ3v) is 7.82. The van der Waals surface area contributed by atoms with Crippen LogP contribution in [0.2, 0.25) is 0 Å². The Labute approximate surface area is 232 Å². The highest BCUT2D eigenvalue weighted by molar-refractivity contribution is 6.14. The van der Waals surface area contributed by atoms with Gasteiger partial charge in [-0.25, -0.2) is 4.98 Å². The van der Waals surface area contributed by atoms with Gasteiger partial charge in [0.15, 0.2) is 11.6 Å². The van der Waals surface area contributed by atoms with Gasteiger partial charge in [0.25, 0.3) is 0 Å². The van der Waals surface area contributed by atoms with Gasteiger partial charge in [0.05, 0.1) is 5.52 Å². The average molecular weight is 513 g/mol. The van der Waals surface area contributed by atoms with Crippen molar-refractivity contribution in [2.45, 2.75) is 6.92 Å². The molecule has 1 aliphatic carbocycles. The number of fused-ring (bicyclic) bond motifs is 5. The molecule has 0 atom stereocenters. The summed E-state index contributed by atoms with van der Waals surface area (Å²) in [4.78, 5) is 15.1. The first kappa shape index (κ1) is 22.6. The van der Waals surface area contributed by atoms with Crippen molar-refractivity contribution in [2.75, 3.05) is 0 Å². The van der Waals surface area contributed by atoms with Gasteiger partial charge in [0.2, 0.25) is 5.95 Å². The van der Waals surface area contributed by atoms with Crippen molar-refractivity contribution in [3.05, 3.63) is 133 Å². The van der Waals surface area contributed by atoms with Gasteiger partial charge < -0.3 is 0 Å². The van der Waals surface area contributed by atoms with Crippen LogP contribution < -0.4 is 0 Å². The summed E-state index contributed by atoms with van der Waals surface area (Å²) in [6.07, 6.45) is 0. The van der Waals surface area contributed by atoms with Crippen molar-refractivity contribution < 1.29 is 0 Å². The summed E-state index contributed by atoms with van der Waals surface area (Å²) < 4.78 is 2.21. The predicted molar refractivity (Wildman–Crippen MR) is 162 cm³/mol. The van der Waals surface area contributed by atoms with Crippen LogP contribution in [0.4, 0.5) is 0 Å². The largest absolute Gasteiger partial charge is 0.282 e. The minimum absolute atomic E-state index is 0.616. The molecule has 188 valence electrons. The quantitative estimate of drug-likeness (QED) is 0.238. The van der Waals surface area contributed by atoms with Gasteiger partial charge in [-0.1, -0.05) is 121 Å². The second-order valence-electron chi connectivity index (χ2n) is 10.1. The Balaban J connectivity index is 1.48. The van der Waals surface area contributed by atoms with E-state index in [9.17, 15) is 0 Å². The van der Waals surface area contributed by atoms with E-state index in [1.165, 1.54) is 38.8 Å². The Hall–Kier alpha value is -5.35. The molecule has 4 nitrogen and oxygen atoms in total. The molecule has 1 aliphatic rings. The van der Waals surface area contributed by atoms with Crippen molar-refractivity contribution >= 4 is 10.9 Å². The standard InChI is InChI=1S/C36H24N4/c1-23-32-29-20-11-10-18-27(29)26-17-8-9-19-28(26)30-21-12-22-31(33(30)32)40(23)36-38-34(24-13-4-2-5-14-24)37-35(39-36)25-15-6-3-7-16-25/h2-22H,1H3. The van der Waals surface area contributed by atoms with E-state index in [-0.39, 0.29) is 0 Å². The molecule has 0 bridgehead atoms. The molecular weight excluding hydrogens is 488 g/mol. The lowest BCUT2D eigenvalue weighted by molar-refractivity contribution is 0.908. The zero-order valence-corrected chi connectivity index (χ0v) is 21.9. The lowest BCUT2D eigenvalue weighted by Gasteiger charge is -2.14. The molecule has 0 N–H and O–H groups in total. The molecule has 0 radical (unpaired) electrons. The maximum absolute atomic E-state index is 5.07. The molecule has 0 amide bonds. The average Bonchev–Trinajstić information content (AvgIpc) is 3.26. The molecular formula is C36H24N4. The van der Waals surface area contributed by atoms with E-state index in [2.05, 4.69) is 78.2 Å². The van der Waals surface area contributed by atoms with E-state index in [0.717, 1.165) is 22.3 Å². The van der Waals surface area contributed by atoms with Crippen LogP contribution in [0.25, 0.3) is 73.0 Å². The topological polar surface area (TPSA) is 43.6 Å². The number of aromatic nitrogens is 4. The summed E-state index contributed by atoms with van der Waals surface area (Å²) in [6, 6.07) is 44.2. The summed E-state index contributed by atoms with van der Waals surface area (Å²) in [5, 5.41) is 1.22. The van der Waals surface area contributed by atoms with Crippen LogP contribution in [0.3, 0.4) is 0 Å². The van der Waals surface area contributed by atoms with Crippen LogP contribution in [-0.2, 0) is 0 Å². The molecule has 0 fully saturated rings. The number of rotatable bonds is 3. The lowest BCUT2D eigenvalue weighted by atomic mass is 9.94. The van der Waals surface area contributed by atoms with E-state index in [0.29, 0.717) is 17.6 Å². The Bertz CT molecular complexity index is 2000. The molecule has 0 saturated carbocycles. The third kappa shape index (κ3) is 3.36. The molecule has 0 unspecified atom stereocenters. The molecule has 5 aromatic carbocycles. The highest BCUT2D eigenvalue weighted by atomic mass is 15.2. The molecule has 8 rings (SSSR count). The first-order valence-electron chi connectivity index (χ1n) is 13.5. The van der Waals surface area contributed by atoms with E-state index >= 15 is 0 Å². The molecule has 0 saturated heterocycles. The molecule has 2 heterocycles. The zero-order valence-electron chi connectivity index (χ0n) is 21.9. The first-order chi connectivity index (χ1) is 19.8. The van der Waals surface area contributed by atoms with Crippen LogP contribution in [-0.4, -0.2) is 19.5 Å². The van der Waals surface area contributed by atoms with Crippen molar-refractivity contribution in [1.29, 1.82) is 0 Å². The van der Waals surface area contributed by atoms with Crippen molar-refractivity contribution in [3.63, 3.8) is 0 Å². The molecule has 7 aromatic rings. The Morgan fingerprint density at radius 2 is 0.925 bits per heavy atom. The Morgan fingerprint density at radius 1 is 0.450 bits per heavy atom. The fraction of sp³-hybridized carbons (Fsp3) is 0.0278. The van der Waals surface area contributed by atoms with E-state index < -0.39 is 0 Å². The van der Waals surface area contributed by atoms with Crippen LogP contribution in [0.1, 0.15) is 5.69 Å². The van der Waals surface area contributed by atoms with E-state index in [1.54, 1.807) is 0 Å². The fourth-order valence-corrected chi connectivity index (χ4v) is 6.06. The maximum Gasteiger partial charge on any atom is 0.238 e. The number of benzene rings is 5. The van der Waals surface area contributed by atoms with Crippen LogP contribution in [0, 0.1) is 6.92 Å². The fourth-order valence-electron chi connectivity index (χ4n) is 6.06. The second-order valence-corrected chi connectivity index (χ2v) is 10.1. The highest BCUT2D eigenvalue weighted by Gasteiger charge is 2.27.